The monoisotopic (exact) mass is 214 g/mol. The van der Waals surface area contributed by atoms with Gasteiger partial charge in [-0.2, -0.15) is 0 Å². The Balaban J connectivity index is 2.11. The van der Waals surface area contributed by atoms with Crippen molar-refractivity contribution in [1.29, 1.82) is 0 Å². The molecule has 0 saturated carbocycles. The maximum atomic E-state index is 4.51. The molecule has 0 spiro atoms. The largest absolute Gasteiger partial charge is 0.285 e. The minimum Gasteiger partial charge on any atom is -0.285 e. The van der Waals surface area contributed by atoms with E-state index in [9.17, 15) is 0 Å². The van der Waals surface area contributed by atoms with E-state index < -0.39 is 0 Å². The lowest BCUT2D eigenvalue weighted by Crippen LogP contribution is -1.97. The highest BCUT2D eigenvalue weighted by Crippen LogP contribution is 2.18. The topological polar surface area (TPSA) is 25.2 Å². The molecule has 0 fully saturated rings. The third-order valence-electron chi connectivity index (χ3n) is 2.68. The van der Waals surface area contributed by atoms with Crippen molar-refractivity contribution in [2.24, 2.45) is 10.9 Å². The van der Waals surface area contributed by atoms with Crippen LogP contribution in [0.15, 0.2) is 29.4 Å². The van der Waals surface area contributed by atoms with Crippen LogP contribution >= 0.6 is 0 Å². The maximum Gasteiger partial charge on any atom is 0.0681 e. The first kappa shape index (κ1) is 11.1. The van der Waals surface area contributed by atoms with Crippen LogP contribution in [0.2, 0.25) is 0 Å². The third kappa shape index (κ3) is 2.57. The Morgan fingerprint density at radius 1 is 1.31 bits per heavy atom. The molecule has 0 atom stereocenters. The summed E-state index contributed by atoms with van der Waals surface area (Å²) in [6.45, 7) is 7.26. The van der Waals surface area contributed by atoms with E-state index in [1.54, 1.807) is 0 Å². The highest BCUT2D eigenvalue weighted by atomic mass is 14.8. The predicted molar refractivity (Wildman–Crippen MR) is 68.7 cm³/mol. The van der Waals surface area contributed by atoms with E-state index >= 15 is 0 Å². The minimum absolute atomic E-state index is 0.684. The maximum absolute atomic E-state index is 4.51. The molecule has 2 rings (SSSR count). The first-order valence-electron chi connectivity index (χ1n) is 5.82. The molecular formula is C14H18N2. The van der Waals surface area contributed by atoms with Gasteiger partial charge in [0.25, 0.3) is 0 Å². The molecular weight excluding hydrogens is 196 g/mol. The van der Waals surface area contributed by atoms with Gasteiger partial charge in [0.15, 0.2) is 0 Å². The van der Waals surface area contributed by atoms with E-state index in [-0.39, 0.29) is 0 Å². The molecule has 16 heavy (non-hydrogen) atoms. The predicted octanol–water partition coefficient (Wildman–Crippen LogP) is 3.14. The van der Waals surface area contributed by atoms with E-state index in [2.05, 4.69) is 42.0 Å². The van der Waals surface area contributed by atoms with Crippen LogP contribution in [-0.2, 0) is 6.42 Å². The van der Waals surface area contributed by atoms with Gasteiger partial charge in [-0.05, 0) is 37.0 Å². The van der Waals surface area contributed by atoms with Gasteiger partial charge in [-0.3, -0.25) is 9.98 Å². The van der Waals surface area contributed by atoms with Gasteiger partial charge in [0.1, 0.15) is 0 Å². The molecule has 0 aliphatic carbocycles. The Kier molecular flexibility index (Phi) is 3.18. The van der Waals surface area contributed by atoms with Gasteiger partial charge < -0.3 is 0 Å². The van der Waals surface area contributed by atoms with Crippen molar-refractivity contribution >= 4 is 11.3 Å². The number of allylic oxidation sites excluding steroid dienone is 1. The summed E-state index contributed by atoms with van der Waals surface area (Å²) in [6.07, 6.45) is 5.20. The van der Waals surface area contributed by atoms with Gasteiger partial charge >= 0.3 is 0 Å². The Morgan fingerprint density at radius 3 is 2.62 bits per heavy atom. The minimum atomic E-state index is 0.684. The van der Waals surface area contributed by atoms with Crippen LogP contribution in [-0.4, -0.2) is 17.2 Å². The van der Waals surface area contributed by atoms with E-state index in [0.29, 0.717) is 5.92 Å². The fourth-order valence-electron chi connectivity index (χ4n) is 1.91. The van der Waals surface area contributed by atoms with Gasteiger partial charge in [-0.25, -0.2) is 0 Å². The van der Waals surface area contributed by atoms with Crippen LogP contribution in [0.25, 0.3) is 5.57 Å². The Morgan fingerprint density at radius 2 is 2.12 bits per heavy atom. The smallest absolute Gasteiger partial charge is 0.0681 e. The highest BCUT2D eigenvalue weighted by Gasteiger charge is 2.08. The molecule has 0 aromatic carbocycles. The summed E-state index contributed by atoms with van der Waals surface area (Å²) in [5.41, 5.74) is 4.71. The third-order valence-corrected chi connectivity index (χ3v) is 2.68. The molecule has 84 valence electrons. The van der Waals surface area contributed by atoms with Crippen LogP contribution in [0.5, 0.6) is 0 Å². The van der Waals surface area contributed by atoms with Crippen molar-refractivity contribution in [2.45, 2.75) is 27.2 Å². The second-order valence-corrected chi connectivity index (χ2v) is 4.78. The van der Waals surface area contributed by atoms with Crippen molar-refractivity contribution < 1.29 is 0 Å². The Labute approximate surface area is 97.1 Å². The Bertz CT molecular complexity index is 425. The zero-order valence-corrected chi connectivity index (χ0v) is 10.2. The van der Waals surface area contributed by atoms with Crippen LogP contribution < -0.4 is 0 Å². The van der Waals surface area contributed by atoms with Crippen molar-refractivity contribution in [2.75, 3.05) is 6.54 Å². The van der Waals surface area contributed by atoms with Gasteiger partial charge in [0.2, 0.25) is 0 Å². The summed E-state index contributed by atoms with van der Waals surface area (Å²) in [5, 5.41) is 0. The number of pyridine rings is 1. The average molecular weight is 214 g/mol. The van der Waals surface area contributed by atoms with E-state index in [1.165, 1.54) is 11.1 Å². The fourth-order valence-corrected chi connectivity index (χ4v) is 1.91. The highest BCUT2D eigenvalue weighted by molar-refractivity contribution is 6.02. The zero-order valence-electron chi connectivity index (χ0n) is 10.2. The van der Waals surface area contributed by atoms with Gasteiger partial charge in [0.05, 0.1) is 12.2 Å². The summed E-state index contributed by atoms with van der Waals surface area (Å²) in [7, 11) is 0. The van der Waals surface area contributed by atoms with Gasteiger partial charge in [0, 0.05) is 17.5 Å². The molecule has 1 aromatic heterocycles. The average Bonchev–Trinajstić information content (AvgIpc) is 2.65. The second-order valence-electron chi connectivity index (χ2n) is 4.78. The Hall–Kier alpha value is -1.44. The first-order valence-corrected chi connectivity index (χ1v) is 5.82. The standard InChI is InChI=1S/C14H18N2/c1-10(2)6-12-4-5-14(16-8-12)13-7-11(3)15-9-13/h4-5,7-8,10H,6,9H2,1-3H3. The van der Waals surface area contributed by atoms with Crippen LogP contribution in [0.1, 0.15) is 32.0 Å². The number of aliphatic imine (C=N–C) groups is 1. The van der Waals surface area contributed by atoms with E-state index in [0.717, 1.165) is 24.4 Å². The SMILES string of the molecule is CC1=NCC(c2ccc(CC(C)C)cn2)=C1. The van der Waals surface area contributed by atoms with Gasteiger partial charge in [-0.1, -0.05) is 19.9 Å². The van der Waals surface area contributed by atoms with Crippen molar-refractivity contribution in [3.8, 4) is 0 Å². The summed E-state index contributed by atoms with van der Waals surface area (Å²) in [4.78, 5) is 8.86. The number of rotatable bonds is 3. The van der Waals surface area contributed by atoms with E-state index in [4.69, 9.17) is 0 Å². The number of hydrogen-bond acceptors (Lipinski definition) is 2. The van der Waals surface area contributed by atoms with Crippen molar-refractivity contribution in [1.82, 2.24) is 4.98 Å². The van der Waals surface area contributed by atoms with Gasteiger partial charge in [-0.15, -0.1) is 0 Å². The molecule has 1 aliphatic rings. The summed E-state index contributed by atoms with van der Waals surface area (Å²) in [6, 6.07) is 4.29. The molecule has 2 heteroatoms. The quantitative estimate of drug-likeness (QED) is 0.758. The summed E-state index contributed by atoms with van der Waals surface area (Å²) >= 11 is 0. The molecule has 0 bridgehead atoms. The van der Waals surface area contributed by atoms with Crippen LogP contribution in [0.4, 0.5) is 0 Å². The number of aromatic nitrogens is 1. The second kappa shape index (κ2) is 4.60. The van der Waals surface area contributed by atoms with Crippen LogP contribution in [0.3, 0.4) is 0 Å². The molecule has 2 heterocycles. The molecule has 0 amide bonds. The van der Waals surface area contributed by atoms with Crippen LogP contribution in [0, 0.1) is 5.92 Å². The number of nitrogens with zero attached hydrogens (tertiary/aromatic N) is 2. The molecule has 1 aliphatic heterocycles. The zero-order chi connectivity index (χ0) is 11.5. The molecule has 0 saturated heterocycles. The van der Waals surface area contributed by atoms with Crippen molar-refractivity contribution in [3.05, 3.63) is 35.7 Å². The molecule has 2 nitrogen and oxygen atoms in total. The number of hydrogen-bond donors (Lipinski definition) is 0. The normalized spacial score (nSPS) is 15.2. The summed E-state index contributed by atoms with van der Waals surface area (Å²) in [5.74, 6) is 0.684. The lowest BCUT2D eigenvalue weighted by atomic mass is 10.0. The lowest BCUT2D eigenvalue weighted by molar-refractivity contribution is 0.645. The molecule has 1 aromatic rings. The summed E-state index contributed by atoms with van der Waals surface area (Å²) < 4.78 is 0. The van der Waals surface area contributed by atoms with Crippen molar-refractivity contribution in [3.63, 3.8) is 0 Å². The molecule has 0 radical (unpaired) electrons. The molecule has 0 unspecified atom stereocenters. The first-order chi connectivity index (χ1) is 7.65. The van der Waals surface area contributed by atoms with E-state index in [1.807, 2.05) is 13.1 Å². The fraction of sp³-hybridized carbons (Fsp3) is 0.429. The lowest BCUT2D eigenvalue weighted by Gasteiger charge is -2.05. The molecule has 0 N–H and O–H groups in total.